The maximum absolute atomic E-state index is 13.5. The molecule has 0 aliphatic heterocycles. The first-order chi connectivity index (χ1) is 8.47. The molecule has 0 radical (unpaired) electrons. The largest absolute Gasteiger partial charge is 0.480 e. The second kappa shape index (κ2) is 6.32. The van der Waals surface area contributed by atoms with Crippen LogP contribution in [0.3, 0.4) is 0 Å². The van der Waals surface area contributed by atoms with Gasteiger partial charge < -0.3 is 15.2 Å². The van der Waals surface area contributed by atoms with Crippen molar-refractivity contribution in [1.29, 1.82) is 0 Å². The average Bonchev–Trinajstić information content (AvgIpc) is 2.31. The number of halogens is 2. The molecule has 18 heavy (non-hydrogen) atoms. The Morgan fingerprint density at radius 2 is 2.22 bits per heavy atom. The fourth-order valence-electron chi connectivity index (χ4n) is 1.26. The summed E-state index contributed by atoms with van der Waals surface area (Å²) in [4.78, 5) is 22.5. The van der Waals surface area contributed by atoms with Crippen LogP contribution in [-0.2, 0) is 9.53 Å². The van der Waals surface area contributed by atoms with Gasteiger partial charge in [0, 0.05) is 7.11 Å². The highest BCUT2D eigenvalue weighted by atomic mass is 35.5. The third-order valence-corrected chi connectivity index (χ3v) is 2.42. The van der Waals surface area contributed by atoms with Crippen LogP contribution in [-0.4, -0.2) is 36.7 Å². The number of rotatable bonds is 5. The van der Waals surface area contributed by atoms with Crippen molar-refractivity contribution < 1.29 is 23.8 Å². The molecule has 0 aliphatic carbocycles. The Morgan fingerprint density at radius 1 is 1.56 bits per heavy atom. The normalized spacial score (nSPS) is 11.9. The summed E-state index contributed by atoms with van der Waals surface area (Å²) < 4.78 is 18.2. The van der Waals surface area contributed by atoms with Gasteiger partial charge in [0.2, 0.25) is 0 Å². The number of aliphatic carboxylic acids is 1. The van der Waals surface area contributed by atoms with Crippen molar-refractivity contribution in [1.82, 2.24) is 5.32 Å². The molecule has 1 rings (SSSR count). The number of carboxylic acid groups (broad SMARTS) is 1. The van der Waals surface area contributed by atoms with Crippen molar-refractivity contribution in [2.24, 2.45) is 0 Å². The van der Waals surface area contributed by atoms with Gasteiger partial charge in [-0.05, 0) is 12.1 Å². The van der Waals surface area contributed by atoms with Crippen LogP contribution in [0, 0.1) is 5.82 Å². The second-order valence-corrected chi connectivity index (χ2v) is 3.83. The number of carboxylic acids is 1. The summed E-state index contributed by atoms with van der Waals surface area (Å²) >= 11 is 5.52. The molecule has 7 heteroatoms. The standard InChI is InChI=1S/C11H11ClFNO4/c1-18-5-8(11(16)17)14-10(15)6-3-2-4-7(12)9(6)13/h2-4,8H,5H2,1H3,(H,14,15)(H,16,17). The molecule has 1 unspecified atom stereocenters. The van der Waals surface area contributed by atoms with Crippen LogP contribution in [0.5, 0.6) is 0 Å². The van der Waals surface area contributed by atoms with Crippen molar-refractivity contribution in [3.63, 3.8) is 0 Å². The Hall–Kier alpha value is -1.66. The maximum Gasteiger partial charge on any atom is 0.328 e. The van der Waals surface area contributed by atoms with Crippen LogP contribution in [0.2, 0.25) is 5.02 Å². The lowest BCUT2D eigenvalue weighted by atomic mass is 10.2. The van der Waals surface area contributed by atoms with Crippen LogP contribution in [0.25, 0.3) is 0 Å². The molecule has 1 atom stereocenters. The number of benzene rings is 1. The fourth-order valence-corrected chi connectivity index (χ4v) is 1.43. The van der Waals surface area contributed by atoms with E-state index in [-0.39, 0.29) is 17.2 Å². The van der Waals surface area contributed by atoms with Gasteiger partial charge in [0.25, 0.3) is 5.91 Å². The lowest BCUT2D eigenvalue weighted by Crippen LogP contribution is -2.44. The van der Waals surface area contributed by atoms with Crippen LogP contribution in [0.1, 0.15) is 10.4 Å². The van der Waals surface area contributed by atoms with Crippen LogP contribution < -0.4 is 5.32 Å². The molecule has 0 aromatic heterocycles. The third kappa shape index (κ3) is 3.41. The summed E-state index contributed by atoms with van der Waals surface area (Å²) in [5, 5.41) is 10.7. The molecular weight excluding hydrogens is 265 g/mol. The van der Waals surface area contributed by atoms with Crippen molar-refractivity contribution in [2.45, 2.75) is 6.04 Å². The number of hydrogen-bond donors (Lipinski definition) is 2. The van der Waals surface area contributed by atoms with E-state index >= 15 is 0 Å². The van der Waals surface area contributed by atoms with E-state index in [1.165, 1.54) is 25.3 Å². The molecule has 1 aromatic rings. The number of nitrogens with one attached hydrogen (secondary N) is 1. The number of methoxy groups -OCH3 is 1. The van der Waals surface area contributed by atoms with Gasteiger partial charge in [-0.15, -0.1) is 0 Å². The highest BCUT2D eigenvalue weighted by Crippen LogP contribution is 2.17. The van der Waals surface area contributed by atoms with Crippen LogP contribution in [0.4, 0.5) is 4.39 Å². The van der Waals surface area contributed by atoms with E-state index in [0.717, 1.165) is 0 Å². The second-order valence-electron chi connectivity index (χ2n) is 3.42. The molecular formula is C11H11ClFNO4. The number of carbonyl (C=O) groups is 2. The van der Waals surface area contributed by atoms with Crippen molar-refractivity contribution >= 4 is 23.5 Å². The predicted octanol–water partition coefficient (Wildman–Crippen LogP) is 1.31. The zero-order chi connectivity index (χ0) is 13.7. The van der Waals surface area contributed by atoms with Crippen LogP contribution >= 0.6 is 11.6 Å². The zero-order valence-electron chi connectivity index (χ0n) is 9.44. The maximum atomic E-state index is 13.5. The minimum Gasteiger partial charge on any atom is -0.480 e. The Kier molecular flexibility index (Phi) is 5.06. The summed E-state index contributed by atoms with van der Waals surface area (Å²) in [7, 11) is 1.29. The Labute approximate surface area is 108 Å². The minimum atomic E-state index is -1.27. The van der Waals surface area contributed by atoms with E-state index in [2.05, 4.69) is 10.1 Å². The lowest BCUT2D eigenvalue weighted by Gasteiger charge is -2.13. The summed E-state index contributed by atoms with van der Waals surface area (Å²) in [6.07, 6.45) is 0. The van der Waals surface area contributed by atoms with Crippen molar-refractivity contribution in [3.8, 4) is 0 Å². The Morgan fingerprint density at radius 3 is 2.78 bits per heavy atom. The highest BCUT2D eigenvalue weighted by molar-refractivity contribution is 6.31. The number of carbonyl (C=O) groups excluding carboxylic acids is 1. The number of amides is 1. The molecule has 0 fully saturated rings. The van der Waals surface area contributed by atoms with Gasteiger partial charge in [-0.1, -0.05) is 17.7 Å². The van der Waals surface area contributed by atoms with Gasteiger partial charge in [-0.25, -0.2) is 9.18 Å². The summed E-state index contributed by atoms with van der Waals surface area (Å²) in [5.74, 6) is -3.02. The van der Waals surface area contributed by atoms with E-state index in [4.69, 9.17) is 16.7 Å². The fraction of sp³-hybridized carbons (Fsp3) is 0.273. The van der Waals surface area contributed by atoms with Gasteiger partial charge in [0.15, 0.2) is 11.9 Å². The van der Waals surface area contributed by atoms with Gasteiger partial charge >= 0.3 is 5.97 Å². The molecule has 0 saturated heterocycles. The number of hydrogen-bond acceptors (Lipinski definition) is 3. The molecule has 1 aromatic carbocycles. The van der Waals surface area contributed by atoms with E-state index in [9.17, 15) is 14.0 Å². The van der Waals surface area contributed by atoms with Crippen molar-refractivity contribution in [2.75, 3.05) is 13.7 Å². The molecule has 0 spiro atoms. The van der Waals surface area contributed by atoms with Gasteiger partial charge in [0.05, 0.1) is 17.2 Å². The average molecular weight is 276 g/mol. The zero-order valence-corrected chi connectivity index (χ0v) is 10.2. The SMILES string of the molecule is COCC(NC(=O)c1cccc(Cl)c1F)C(=O)O. The molecule has 5 nitrogen and oxygen atoms in total. The van der Waals surface area contributed by atoms with Crippen LogP contribution in [0.15, 0.2) is 18.2 Å². The first kappa shape index (κ1) is 14.4. The van der Waals surface area contributed by atoms with E-state index in [0.29, 0.717) is 0 Å². The quantitative estimate of drug-likeness (QED) is 0.849. The topological polar surface area (TPSA) is 75.6 Å². The monoisotopic (exact) mass is 275 g/mol. The summed E-state index contributed by atoms with van der Waals surface area (Å²) in [6, 6.07) is 2.65. The van der Waals surface area contributed by atoms with Gasteiger partial charge in [-0.3, -0.25) is 4.79 Å². The molecule has 0 aliphatic rings. The minimum absolute atomic E-state index is 0.207. The first-order valence-electron chi connectivity index (χ1n) is 4.94. The smallest absolute Gasteiger partial charge is 0.328 e. The Balaban J connectivity index is 2.87. The van der Waals surface area contributed by atoms with Gasteiger partial charge in [0.1, 0.15) is 0 Å². The molecule has 0 bridgehead atoms. The molecule has 0 heterocycles. The molecule has 2 N–H and O–H groups in total. The van der Waals surface area contributed by atoms with E-state index in [1.54, 1.807) is 0 Å². The number of ether oxygens (including phenoxy) is 1. The molecule has 98 valence electrons. The summed E-state index contributed by atoms with van der Waals surface area (Å²) in [5.41, 5.74) is -0.315. The predicted molar refractivity (Wildman–Crippen MR) is 62.2 cm³/mol. The summed E-state index contributed by atoms with van der Waals surface area (Å²) in [6.45, 7) is -0.219. The third-order valence-electron chi connectivity index (χ3n) is 2.13. The van der Waals surface area contributed by atoms with E-state index < -0.39 is 23.7 Å². The molecule has 0 saturated carbocycles. The Bertz CT molecular complexity index is 466. The lowest BCUT2D eigenvalue weighted by molar-refractivity contribution is -0.140. The van der Waals surface area contributed by atoms with E-state index in [1.807, 2.05) is 0 Å². The molecule has 1 amide bonds. The van der Waals surface area contributed by atoms with Crippen molar-refractivity contribution in [3.05, 3.63) is 34.6 Å². The highest BCUT2D eigenvalue weighted by Gasteiger charge is 2.22. The first-order valence-corrected chi connectivity index (χ1v) is 5.31. The van der Waals surface area contributed by atoms with Gasteiger partial charge in [-0.2, -0.15) is 0 Å².